The van der Waals surface area contributed by atoms with Gasteiger partial charge in [0, 0.05) is 12.2 Å². The number of benzene rings is 3. The second-order valence-electron chi connectivity index (χ2n) is 8.59. The molecule has 176 valence electrons. The summed E-state index contributed by atoms with van der Waals surface area (Å²) in [5, 5.41) is 14.9. The molecule has 1 amide bonds. The molecule has 0 radical (unpaired) electrons. The molecule has 0 aromatic heterocycles. The van der Waals surface area contributed by atoms with E-state index in [0.29, 0.717) is 29.6 Å². The number of anilines is 1. The Hall–Kier alpha value is -3.91. The van der Waals surface area contributed by atoms with Crippen molar-refractivity contribution in [2.24, 2.45) is 0 Å². The first kappa shape index (κ1) is 23.3. The molecule has 4 rings (SSSR count). The van der Waals surface area contributed by atoms with E-state index in [1.165, 1.54) is 12.1 Å². The molecule has 1 aliphatic rings. The topological polar surface area (TPSA) is 93.9 Å². The van der Waals surface area contributed by atoms with Crippen molar-refractivity contribution in [2.45, 2.75) is 32.4 Å². The maximum atomic E-state index is 13.6. The van der Waals surface area contributed by atoms with Crippen LogP contribution in [0.5, 0.6) is 11.5 Å². The van der Waals surface area contributed by atoms with Crippen LogP contribution in [0.25, 0.3) is 0 Å². The van der Waals surface area contributed by atoms with E-state index < -0.39 is 11.0 Å². The second kappa shape index (κ2) is 9.93. The number of nitro groups is 1. The Labute approximate surface area is 198 Å². The summed E-state index contributed by atoms with van der Waals surface area (Å²) in [5.41, 5.74) is 2.80. The number of nitro benzene ring substituents is 1. The molecule has 3 aromatic carbocycles. The minimum Gasteiger partial charge on any atom is -0.454 e. The van der Waals surface area contributed by atoms with Crippen molar-refractivity contribution < 1.29 is 19.2 Å². The van der Waals surface area contributed by atoms with Crippen LogP contribution in [0.4, 0.5) is 11.4 Å². The van der Waals surface area contributed by atoms with Crippen LogP contribution in [0.3, 0.4) is 0 Å². The molecule has 0 fully saturated rings. The van der Waals surface area contributed by atoms with Gasteiger partial charge in [0.15, 0.2) is 11.5 Å². The highest BCUT2D eigenvalue weighted by atomic mass is 16.7. The first-order valence-electron chi connectivity index (χ1n) is 11.1. The Bertz CT molecular complexity index is 1180. The number of carbonyl (C=O) groups excluding carboxylic acids is 1. The third kappa shape index (κ3) is 5.02. The lowest BCUT2D eigenvalue weighted by Crippen LogP contribution is -2.35. The van der Waals surface area contributed by atoms with Crippen LogP contribution in [0.1, 0.15) is 42.5 Å². The molecule has 8 heteroatoms. The van der Waals surface area contributed by atoms with Crippen LogP contribution in [0.15, 0.2) is 66.7 Å². The van der Waals surface area contributed by atoms with Crippen molar-refractivity contribution in [1.29, 1.82) is 0 Å². The van der Waals surface area contributed by atoms with Gasteiger partial charge in [0.2, 0.25) is 12.7 Å². The molecule has 0 aliphatic carbocycles. The molecule has 8 nitrogen and oxygen atoms in total. The fraction of sp³-hybridized carbons (Fsp3) is 0.269. The molecule has 0 unspecified atom stereocenters. The van der Waals surface area contributed by atoms with Gasteiger partial charge in [-0.2, -0.15) is 0 Å². The summed E-state index contributed by atoms with van der Waals surface area (Å²) in [6, 6.07) is 19.2. The van der Waals surface area contributed by atoms with Crippen LogP contribution in [-0.4, -0.2) is 29.6 Å². The van der Waals surface area contributed by atoms with E-state index in [2.05, 4.69) is 19.2 Å². The van der Waals surface area contributed by atoms with E-state index >= 15 is 0 Å². The van der Waals surface area contributed by atoms with E-state index in [9.17, 15) is 14.9 Å². The highest BCUT2D eigenvalue weighted by Crippen LogP contribution is 2.42. The molecule has 1 N–H and O–H groups in total. The number of likely N-dealkylation sites (N-methyl/N-ethyl adjacent to an activating group) is 1. The number of hydrogen-bond donors (Lipinski definition) is 1. The van der Waals surface area contributed by atoms with Gasteiger partial charge < -0.3 is 14.8 Å². The molecule has 3 aromatic rings. The minimum absolute atomic E-state index is 0.0190. The summed E-state index contributed by atoms with van der Waals surface area (Å²) in [6.07, 6.45) is 0. The number of fused-ring (bicyclic) bond motifs is 1. The highest BCUT2D eigenvalue weighted by Gasteiger charge is 2.34. The smallest absolute Gasteiger partial charge is 0.278 e. The summed E-state index contributed by atoms with van der Waals surface area (Å²) in [5.74, 6) is 0.667. The van der Waals surface area contributed by atoms with E-state index in [1.807, 2.05) is 54.6 Å². The maximum Gasteiger partial charge on any atom is 0.278 e. The van der Waals surface area contributed by atoms with Crippen molar-refractivity contribution in [3.63, 3.8) is 0 Å². The van der Waals surface area contributed by atoms with Crippen molar-refractivity contribution in [1.82, 2.24) is 4.90 Å². The molecule has 0 saturated carbocycles. The molecule has 0 saturated heterocycles. The van der Waals surface area contributed by atoms with Gasteiger partial charge >= 0.3 is 0 Å². The monoisotopic (exact) mass is 461 g/mol. The Kier molecular flexibility index (Phi) is 6.79. The van der Waals surface area contributed by atoms with Gasteiger partial charge in [-0.1, -0.05) is 56.3 Å². The van der Waals surface area contributed by atoms with Gasteiger partial charge in [0.1, 0.15) is 6.04 Å². The lowest BCUT2D eigenvalue weighted by atomic mass is 10.00. The van der Waals surface area contributed by atoms with Crippen molar-refractivity contribution in [2.75, 3.05) is 19.2 Å². The zero-order chi connectivity index (χ0) is 24.2. The Morgan fingerprint density at radius 3 is 2.32 bits per heavy atom. The van der Waals surface area contributed by atoms with Crippen LogP contribution >= 0.6 is 0 Å². The number of ether oxygens (including phenoxy) is 2. The van der Waals surface area contributed by atoms with E-state index in [-0.39, 0.29) is 24.0 Å². The zero-order valence-electron chi connectivity index (χ0n) is 19.4. The number of carbonyl (C=O) groups is 1. The fourth-order valence-electron chi connectivity index (χ4n) is 4.03. The Morgan fingerprint density at radius 2 is 1.71 bits per heavy atom. The molecule has 1 aliphatic heterocycles. The van der Waals surface area contributed by atoms with Gasteiger partial charge in [-0.15, -0.1) is 0 Å². The average molecular weight is 462 g/mol. The standard InChI is InChI=1S/C26H27N3O5/c1-17(2)19-9-11-20(12-10-19)27-26(30)25(28(3)15-18-7-5-4-6-8-18)21-13-23-24(34-16-33-23)14-22(21)29(31)32/h4-14,17,25H,15-16H2,1-3H3,(H,27,30)/t25-/m0/s1. The van der Waals surface area contributed by atoms with E-state index in [1.54, 1.807) is 11.9 Å². The summed E-state index contributed by atoms with van der Waals surface area (Å²) in [6.45, 7) is 4.59. The highest BCUT2D eigenvalue weighted by molar-refractivity contribution is 5.96. The quantitative estimate of drug-likeness (QED) is 0.363. The Balaban J connectivity index is 1.71. The predicted octanol–water partition coefficient (Wildman–Crippen LogP) is 5.26. The predicted molar refractivity (Wildman–Crippen MR) is 129 cm³/mol. The number of amides is 1. The molecular formula is C26H27N3O5. The minimum atomic E-state index is -0.945. The third-order valence-electron chi connectivity index (χ3n) is 5.82. The normalized spacial score (nSPS) is 13.2. The maximum absolute atomic E-state index is 13.6. The molecule has 0 bridgehead atoms. The molecule has 1 atom stereocenters. The SMILES string of the molecule is CC(C)c1ccc(NC(=O)[C@H](c2cc3c(cc2[N+](=O)[O-])OCO3)N(C)Cc2ccccc2)cc1. The van der Waals surface area contributed by atoms with Crippen molar-refractivity contribution >= 4 is 17.3 Å². The van der Waals surface area contributed by atoms with Crippen molar-refractivity contribution in [3.8, 4) is 11.5 Å². The molecule has 0 spiro atoms. The van der Waals surface area contributed by atoms with Gasteiger partial charge in [-0.05, 0) is 42.3 Å². The van der Waals surface area contributed by atoms with Gasteiger partial charge in [0.05, 0.1) is 16.6 Å². The van der Waals surface area contributed by atoms with Crippen LogP contribution in [0.2, 0.25) is 0 Å². The summed E-state index contributed by atoms with van der Waals surface area (Å²) in [7, 11) is 1.77. The van der Waals surface area contributed by atoms with Crippen LogP contribution < -0.4 is 14.8 Å². The van der Waals surface area contributed by atoms with Crippen LogP contribution in [-0.2, 0) is 11.3 Å². The largest absolute Gasteiger partial charge is 0.454 e. The molecule has 34 heavy (non-hydrogen) atoms. The van der Waals surface area contributed by atoms with Gasteiger partial charge in [-0.25, -0.2) is 0 Å². The lowest BCUT2D eigenvalue weighted by Gasteiger charge is -2.27. The summed E-state index contributed by atoms with van der Waals surface area (Å²) in [4.78, 5) is 26.8. The van der Waals surface area contributed by atoms with E-state index in [0.717, 1.165) is 11.1 Å². The zero-order valence-corrected chi connectivity index (χ0v) is 19.4. The van der Waals surface area contributed by atoms with Gasteiger partial charge in [0.25, 0.3) is 5.69 Å². The van der Waals surface area contributed by atoms with E-state index in [4.69, 9.17) is 9.47 Å². The number of rotatable bonds is 8. The molecular weight excluding hydrogens is 434 g/mol. The number of nitrogens with zero attached hydrogens (tertiary/aromatic N) is 2. The number of nitrogens with one attached hydrogen (secondary N) is 1. The van der Waals surface area contributed by atoms with Gasteiger partial charge in [-0.3, -0.25) is 19.8 Å². The number of hydrogen-bond acceptors (Lipinski definition) is 6. The lowest BCUT2D eigenvalue weighted by molar-refractivity contribution is -0.385. The second-order valence-corrected chi connectivity index (χ2v) is 8.59. The summed E-state index contributed by atoms with van der Waals surface area (Å²) < 4.78 is 10.8. The summed E-state index contributed by atoms with van der Waals surface area (Å²) >= 11 is 0. The van der Waals surface area contributed by atoms with Crippen LogP contribution in [0, 0.1) is 10.1 Å². The average Bonchev–Trinajstić information content (AvgIpc) is 3.27. The third-order valence-corrected chi connectivity index (χ3v) is 5.82. The molecule has 1 heterocycles. The Morgan fingerprint density at radius 1 is 1.06 bits per heavy atom. The first-order chi connectivity index (χ1) is 16.3. The fourth-order valence-corrected chi connectivity index (χ4v) is 4.03. The van der Waals surface area contributed by atoms with Crippen molar-refractivity contribution in [3.05, 3.63) is 93.5 Å². The first-order valence-corrected chi connectivity index (χ1v) is 11.1.